The molecule has 0 aliphatic carbocycles. The lowest BCUT2D eigenvalue weighted by Crippen LogP contribution is -2.44. The minimum Gasteiger partial charge on any atom is -0.282 e. The molecule has 2 rings (SSSR count). The van der Waals surface area contributed by atoms with Crippen molar-refractivity contribution in [2.24, 2.45) is 0 Å². The van der Waals surface area contributed by atoms with E-state index in [9.17, 15) is 9.59 Å². The van der Waals surface area contributed by atoms with Crippen LogP contribution in [0.15, 0.2) is 29.8 Å². The lowest BCUT2D eigenvalue weighted by Gasteiger charge is -2.06. The third kappa shape index (κ3) is 3.75. The molecule has 19 heavy (non-hydrogen) atoms. The highest BCUT2D eigenvalue weighted by molar-refractivity contribution is 7.13. The summed E-state index contributed by atoms with van der Waals surface area (Å²) in [6, 6.07) is 4.35. The van der Waals surface area contributed by atoms with Crippen molar-refractivity contribution in [1.29, 1.82) is 0 Å². The van der Waals surface area contributed by atoms with Crippen LogP contribution in [0.1, 0.15) is 16.2 Å². The highest BCUT2D eigenvalue weighted by Gasteiger charge is 2.08. The monoisotopic (exact) mass is 277 g/mol. The van der Waals surface area contributed by atoms with Crippen LogP contribution in [0.5, 0.6) is 0 Å². The van der Waals surface area contributed by atoms with E-state index in [0.717, 1.165) is 5.69 Å². The van der Waals surface area contributed by atoms with Crippen LogP contribution in [0.2, 0.25) is 0 Å². The number of hydrogen-bond donors (Lipinski definition) is 3. The topological polar surface area (TPSA) is 96.0 Å². The molecule has 0 atom stereocenters. The molecule has 0 aliphatic rings. The van der Waals surface area contributed by atoms with Gasteiger partial charge in [0.25, 0.3) is 5.91 Å². The summed E-state index contributed by atoms with van der Waals surface area (Å²) in [5.41, 5.74) is 5.49. The average Bonchev–Trinajstić information content (AvgIpc) is 2.82. The summed E-state index contributed by atoms with van der Waals surface area (Å²) in [4.78, 5) is 31.0. The molecule has 2 aromatic rings. The van der Waals surface area contributed by atoms with Crippen LogP contribution in [0.3, 0.4) is 0 Å². The van der Waals surface area contributed by atoms with Crippen molar-refractivity contribution in [2.75, 3.05) is 5.32 Å². The first-order valence-electron chi connectivity index (χ1n) is 5.35. The van der Waals surface area contributed by atoms with Crippen molar-refractivity contribution < 1.29 is 9.59 Å². The summed E-state index contributed by atoms with van der Waals surface area (Å²) < 4.78 is 0. The molecule has 0 aromatic carbocycles. The number of urea groups is 1. The van der Waals surface area contributed by atoms with Crippen LogP contribution in [0.25, 0.3) is 0 Å². The molecule has 7 nitrogen and oxygen atoms in total. The van der Waals surface area contributed by atoms with Crippen LogP contribution in [0.4, 0.5) is 9.93 Å². The van der Waals surface area contributed by atoms with Crippen molar-refractivity contribution >= 4 is 28.4 Å². The predicted octanol–water partition coefficient (Wildman–Crippen LogP) is 1.31. The number of aromatic nitrogens is 2. The van der Waals surface area contributed by atoms with Crippen LogP contribution in [-0.2, 0) is 0 Å². The van der Waals surface area contributed by atoms with E-state index in [1.165, 1.54) is 17.5 Å². The van der Waals surface area contributed by atoms with Crippen LogP contribution in [-0.4, -0.2) is 21.9 Å². The number of anilines is 1. The number of rotatable bonds is 2. The fourth-order valence-electron chi connectivity index (χ4n) is 1.21. The van der Waals surface area contributed by atoms with Gasteiger partial charge in [0.15, 0.2) is 5.13 Å². The Morgan fingerprint density at radius 1 is 1.26 bits per heavy atom. The molecule has 0 bridgehead atoms. The predicted molar refractivity (Wildman–Crippen MR) is 70.7 cm³/mol. The van der Waals surface area contributed by atoms with Gasteiger partial charge in [-0.3, -0.25) is 20.5 Å². The van der Waals surface area contributed by atoms with E-state index in [1.54, 1.807) is 18.2 Å². The Kier molecular flexibility index (Phi) is 4.04. The molecule has 3 amide bonds. The number of hydrazine groups is 1. The first-order valence-corrected chi connectivity index (χ1v) is 6.23. The number of hydrogen-bond acceptors (Lipinski definition) is 5. The number of aryl methyl sites for hydroxylation is 1. The number of amides is 3. The summed E-state index contributed by atoms with van der Waals surface area (Å²) in [6.07, 6.45) is 1.49. The largest absolute Gasteiger partial charge is 0.339 e. The number of pyridine rings is 1. The molecule has 2 aromatic heterocycles. The van der Waals surface area contributed by atoms with Crippen LogP contribution < -0.4 is 16.2 Å². The Balaban J connectivity index is 1.82. The Morgan fingerprint density at radius 2 is 2.11 bits per heavy atom. The Bertz CT molecular complexity index is 584. The fraction of sp³-hybridized carbons (Fsp3) is 0.0909. The molecular formula is C11H11N5O2S. The quantitative estimate of drug-likeness (QED) is 0.721. The Morgan fingerprint density at radius 3 is 2.74 bits per heavy atom. The third-order valence-corrected chi connectivity index (χ3v) is 2.90. The van der Waals surface area contributed by atoms with E-state index in [-0.39, 0.29) is 5.69 Å². The van der Waals surface area contributed by atoms with E-state index in [4.69, 9.17) is 0 Å². The summed E-state index contributed by atoms with van der Waals surface area (Å²) in [5, 5.41) is 4.76. The van der Waals surface area contributed by atoms with Gasteiger partial charge in [-0.2, -0.15) is 0 Å². The number of thiazole rings is 1. The molecule has 0 fully saturated rings. The first kappa shape index (κ1) is 13.0. The van der Waals surface area contributed by atoms with Gasteiger partial charge in [-0.1, -0.05) is 6.07 Å². The van der Waals surface area contributed by atoms with Gasteiger partial charge >= 0.3 is 6.03 Å². The molecule has 0 saturated heterocycles. The van der Waals surface area contributed by atoms with Gasteiger partial charge < -0.3 is 0 Å². The van der Waals surface area contributed by atoms with Gasteiger partial charge in [-0.25, -0.2) is 15.2 Å². The molecule has 98 valence electrons. The zero-order valence-corrected chi connectivity index (χ0v) is 10.8. The molecule has 0 radical (unpaired) electrons. The standard InChI is InChI=1S/C11H11N5O2S/c1-7-6-19-11(13-7)14-10(18)16-15-9(17)8-4-2-3-5-12-8/h2-6H,1H3,(H,15,17)(H2,13,14,16,18). The lowest BCUT2D eigenvalue weighted by molar-refractivity contribution is 0.0933. The Hall–Kier alpha value is -2.48. The third-order valence-electron chi connectivity index (χ3n) is 2.03. The number of nitrogens with one attached hydrogen (secondary N) is 3. The van der Waals surface area contributed by atoms with Gasteiger partial charge in [0.1, 0.15) is 5.69 Å². The molecule has 8 heteroatoms. The molecule has 0 aliphatic heterocycles. The van der Waals surface area contributed by atoms with E-state index in [1.807, 2.05) is 12.3 Å². The minimum absolute atomic E-state index is 0.216. The SMILES string of the molecule is Cc1csc(NC(=O)NNC(=O)c2ccccn2)n1. The zero-order chi connectivity index (χ0) is 13.7. The van der Waals surface area contributed by atoms with Crippen molar-refractivity contribution in [3.8, 4) is 0 Å². The molecule has 2 heterocycles. The number of nitrogens with zero attached hydrogens (tertiary/aromatic N) is 2. The minimum atomic E-state index is -0.571. The Labute approximate surface area is 113 Å². The van der Waals surface area contributed by atoms with Gasteiger partial charge in [0, 0.05) is 11.6 Å². The first-order chi connectivity index (χ1) is 9.15. The molecule has 0 unspecified atom stereocenters. The molecule has 3 N–H and O–H groups in total. The smallest absolute Gasteiger partial charge is 0.282 e. The second kappa shape index (κ2) is 5.91. The zero-order valence-electron chi connectivity index (χ0n) is 10.0. The van der Waals surface area contributed by atoms with Gasteiger partial charge in [-0.15, -0.1) is 11.3 Å². The van der Waals surface area contributed by atoms with Gasteiger partial charge in [0.05, 0.1) is 5.69 Å². The van der Waals surface area contributed by atoms with E-state index < -0.39 is 11.9 Å². The highest BCUT2D eigenvalue weighted by atomic mass is 32.1. The van der Waals surface area contributed by atoms with Gasteiger partial charge in [0.2, 0.25) is 0 Å². The molecular weight excluding hydrogens is 266 g/mol. The second-order valence-electron chi connectivity index (χ2n) is 3.54. The molecule has 0 spiro atoms. The van der Waals surface area contributed by atoms with Crippen molar-refractivity contribution in [3.05, 3.63) is 41.2 Å². The number of carbonyl (C=O) groups is 2. The maximum absolute atomic E-state index is 11.6. The highest BCUT2D eigenvalue weighted by Crippen LogP contribution is 2.13. The summed E-state index contributed by atoms with van der Waals surface area (Å²) >= 11 is 1.30. The van der Waals surface area contributed by atoms with E-state index in [0.29, 0.717) is 5.13 Å². The second-order valence-corrected chi connectivity index (χ2v) is 4.40. The van der Waals surface area contributed by atoms with E-state index in [2.05, 4.69) is 26.1 Å². The normalized spacial score (nSPS) is 9.74. The van der Waals surface area contributed by atoms with Crippen LogP contribution in [0, 0.1) is 6.92 Å². The van der Waals surface area contributed by atoms with Crippen molar-refractivity contribution in [2.45, 2.75) is 6.92 Å². The lowest BCUT2D eigenvalue weighted by atomic mass is 10.3. The van der Waals surface area contributed by atoms with E-state index >= 15 is 0 Å². The van der Waals surface area contributed by atoms with Crippen molar-refractivity contribution in [1.82, 2.24) is 20.8 Å². The molecule has 0 saturated carbocycles. The number of carbonyl (C=O) groups excluding carboxylic acids is 2. The van der Waals surface area contributed by atoms with Gasteiger partial charge in [-0.05, 0) is 19.1 Å². The van der Waals surface area contributed by atoms with Crippen LogP contribution >= 0.6 is 11.3 Å². The summed E-state index contributed by atoms with van der Waals surface area (Å²) in [7, 11) is 0. The fourth-order valence-corrected chi connectivity index (χ4v) is 1.90. The maximum Gasteiger partial charge on any atom is 0.339 e. The maximum atomic E-state index is 11.6. The average molecular weight is 277 g/mol. The van der Waals surface area contributed by atoms with Crippen molar-refractivity contribution in [3.63, 3.8) is 0 Å². The summed E-state index contributed by atoms with van der Waals surface area (Å²) in [6.45, 7) is 1.82. The summed E-state index contributed by atoms with van der Waals surface area (Å²) in [5.74, 6) is -0.494.